The van der Waals surface area contributed by atoms with Crippen LogP contribution in [0.1, 0.15) is 5.56 Å². The zero-order valence-corrected chi connectivity index (χ0v) is 11.0. The van der Waals surface area contributed by atoms with Gasteiger partial charge in [-0.15, -0.1) is 0 Å². The van der Waals surface area contributed by atoms with Gasteiger partial charge in [-0.3, -0.25) is 0 Å². The Balaban J connectivity index is 2.14. The minimum absolute atomic E-state index is 0.382. The van der Waals surface area contributed by atoms with E-state index >= 15 is 0 Å². The Morgan fingerprint density at radius 1 is 1.06 bits per heavy atom. The van der Waals surface area contributed by atoms with Crippen molar-refractivity contribution < 1.29 is 0 Å². The molecule has 4 nitrogen and oxygen atoms in total. The van der Waals surface area contributed by atoms with E-state index in [4.69, 9.17) is 29.0 Å². The van der Waals surface area contributed by atoms with Crippen molar-refractivity contribution in [3.05, 3.63) is 52.0 Å². The standard InChI is InChI=1S/C12H12Cl2N4/c13-9-6-10(14)12(18-15)17-11(9)16-7-8-4-2-1-3-5-8/h1-6H,7,15H2,(H2,16,17,18). The Morgan fingerprint density at radius 3 is 2.39 bits per heavy atom. The lowest BCUT2D eigenvalue weighted by Crippen LogP contribution is -2.11. The van der Waals surface area contributed by atoms with E-state index in [9.17, 15) is 0 Å². The summed E-state index contributed by atoms with van der Waals surface area (Å²) in [5.41, 5.74) is 3.55. The number of nitrogens with two attached hydrogens (primary N) is 1. The second kappa shape index (κ2) is 5.91. The highest BCUT2D eigenvalue weighted by Gasteiger charge is 2.08. The van der Waals surface area contributed by atoms with Gasteiger partial charge in [-0.1, -0.05) is 53.5 Å². The number of hydrogen-bond acceptors (Lipinski definition) is 4. The van der Waals surface area contributed by atoms with Crippen molar-refractivity contribution in [1.82, 2.24) is 4.98 Å². The van der Waals surface area contributed by atoms with Gasteiger partial charge >= 0.3 is 0 Å². The van der Waals surface area contributed by atoms with Gasteiger partial charge in [0.15, 0.2) is 5.82 Å². The first-order valence-electron chi connectivity index (χ1n) is 5.31. The van der Waals surface area contributed by atoms with Gasteiger partial charge in [-0.2, -0.15) is 0 Å². The van der Waals surface area contributed by atoms with Gasteiger partial charge in [0, 0.05) is 6.54 Å². The van der Waals surface area contributed by atoms with Crippen molar-refractivity contribution in [2.24, 2.45) is 5.84 Å². The van der Waals surface area contributed by atoms with E-state index in [1.807, 2.05) is 30.3 Å². The Kier molecular flexibility index (Phi) is 4.25. The lowest BCUT2D eigenvalue weighted by atomic mass is 10.2. The topological polar surface area (TPSA) is 63.0 Å². The number of anilines is 2. The molecule has 94 valence electrons. The fourth-order valence-electron chi connectivity index (χ4n) is 1.47. The molecule has 0 spiro atoms. The molecule has 4 N–H and O–H groups in total. The second-order valence-corrected chi connectivity index (χ2v) is 4.45. The molecule has 0 fully saturated rings. The molecule has 0 aliphatic carbocycles. The third kappa shape index (κ3) is 3.04. The number of hydrogen-bond donors (Lipinski definition) is 3. The first-order chi connectivity index (χ1) is 8.70. The number of nitrogen functional groups attached to an aromatic ring is 1. The van der Waals surface area contributed by atoms with Crippen LogP contribution in [0.25, 0.3) is 0 Å². The average Bonchev–Trinajstić information content (AvgIpc) is 2.39. The van der Waals surface area contributed by atoms with Gasteiger partial charge in [-0.05, 0) is 11.6 Å². The van der Waals surface area contributed by atoms with Crippen LogP contribution in [0.2, 0.25) is 10.0 Å². The highest BCUT2D eigenvalue weighted by molar-refractivity contribution is 6.37. The number of rotatable bonds is 4. The molecule has 1 aromatic carbocycles. The van der Waals surface area contributed by atoms with Crippen LogP contribution in [0.4, 0.5) is 11.6 Å². The number of halogens is 2. The molecular formula is C12H12Cl2N4. The molecule has 6 heteroatoms. The quantitative estimate of drug-likeness (QED) is 0.595. The Bertz CT molecular complexity index is 531. The van der Waals surface area contributed by atoms with Crippen LogP contribution in [-0.2, 0) is 6.54 Å². The zero-order chi connectivity index (χ0) is 13.0. The maximum atomic E-state index is 6.05. The molecule has 0 radical (unpaired) electrons. The SMILES string of the molecule is NNc1nc(NCc2ccccc2)c(Cl)cc1Cl. The molecule has 0 bridgehead atoms. The molecule has 0 aliphatic heterocycles. The molecule has 2 aromatic rings. The van der Waals surface area contributed by atoms with Gasteiger partial charge in [0.25, 0.3) is 0 Å². The highest BCUT2D eigenvalue weighted by Crippen LogP contribution is 2.28. The van der Waals surface area contributed by atoms with Crippen LogP contribution in [0.5, 0.6) is 0 Å². The Hall–Kier alpha value is -1.49. The van der Waals surface area contributed by atoms with E-state index in [0.29, 0.717) is 28.2 Å². The molecule has 0 amide bonds. The van der Waals surface area contributed by atoms with E-state index < -0.39 is 0 Å². The van der Waals surface area contributed by atoms with E-state index in [0.717, 1.165) is 5.56 Å². The summed E-state index contributed by atoms with van der Waals surface area (Å²) in [5, 5.41) is 3.97. The van der Waals surface area contributed by atoms with Gasteiger partial charge in [0.2, 0.25) is 0 Å². The Labute approximate surface area is 115 Å². The number of hydrazine groups is 1. The predicted molar refractivity (Wildman–Crippen MR) is 75.8 cm³/mol. The molecule has 0 unspecified atom stereocenters. The van der Waals surface area contributed by atoms with Crippen molar-refractivity contribution >= 4 is 34.8 Å². The van der Waals surface area contributed by atoms with Gasteiger partial charge < -0.3 is 10.7 Å². The summed E-state index contributed by atoms with van der Waals surface area (Å²) < 4.78 is 0. The summed E-state index contributed by atoms with van der Waals surface area (Å²) in [5.74, 6) is 6.23. The lowest BCUT2D eigenvalue weighted by Gasteiger charge is -2.10. The van der Waals surface area contributed by atoms with Gasteiger partial charge in [-0.25, -0.2) is 10.8 Å². The summed E-state index contributed by atoms with van der Waals surface area (Å²) in [6, 6.07) is 11.5. The summed E-state index contributed by atoms with van der Waals surface area (Å²) >= 11 is 11.9. The van der Waals surface area contributed by atoms with Crippen molar-refractivity contribution in [2.75, 3.05) is 10.7 Å². The van der Waals surface area contributed by atoms with Crippen LogP contribution in [0.3, 0.4) is 0 Å². The summed E-state index contributed by atoms with van der Waals surface area (Å²) in [6.45, 7) is 0.624. The number of aromatic nitrogens is 1. The number of benzene rings is 1. The molecule has 0 saturated carbocycles. The molecule has 0 saturated heterocycles. The van der Waals surface area contributed by atoms with Crippen molar-refractivity contribution in [1.29, 1.82) is 0 Å². The summed E-state index contributed by atoms with van der Waals surface area (Å²) in [4.78, 5) is 4.19. The van der Waals surface area contributed by atoms with E-state index in [1.165, 1.54) is 0 Å². The second-order valence-electron chi connectivity index (χ2n) is 3.63. The van der Waals surface area contributed by atoms with Crippen molar-refractivity contribution in [2.45, 2.75) is 6.54 Å². The van der Waals surface area contributed by atoms with Crippen molar-refractivity contribution in [3.8, 4) is 0 Å². The van der Waals surface area contributed by atoms with E-state index in [2.05, 4.69) is 15.7 Å². The van der Waals surface area contributed by atoms with Crippen LogP contribution >= 0.6 is 23.2 Å². The molecular weight excluding hydrogens is 271 g/mol. The minimum Gasteiger partial charge on any atom is -0.365 e. The highest BCUT2D eigenvalue weighted by atomic mass is 35.5. The minimum atomic E-state index is 0.382. The maximum Gasteiger partial charge on any atom is 0.161 e. The maximum absolute atomic E-state index is 6.05. The van der Waals surface area contributed by atoms with Crippen molar-refractivity contribution in [3.63, 3.8) is 0 Å². The largest absolute Gasteiger partial charge is 0.365 e. The first-order valence-corrected chi connectivity index (χ1v) is 6.06. The third-order valence-corrected chi connectivity index (χ3v) is 2.95. The van der Waals surface area contributed by atoms with E-state index in [1.54, 1.807) is 6.07 Å². The van der Waals surface area contributed by atoms with E-state index in [-0.39, 0.29) is 0 Å². The molecule has 1 heterocycles. The van der Waals surface area contributed by atoms with Crippen LogP contribution in [0.15, 0.2) is 36.4 Å². The number of nitrogens with zero attached hydrogens (tertiary/aromatic N) is 1. The number of nitrogens with one attached hydrogen (secondary N) is 2. The van der Waals surface area contributed by atoms with Gasteiger partial charge in [0.05, 0.1) is 10.0 Å². The number of pyridine rings is 1. The predicted octanol–water partition coefficient (Wildman–Crippen LogP) is 3.29. The zero-order valence-electron chi connectivity index (χ0n) is 9.45. The summed E-state index contributed by atoms with van der Waals surface area (Å²) in [7, 11) is 0. The van der Waals surface area contributed by atoms with Crippen LogP contribution < -0.4 is 16.6 Å². The monoisotopic (exact) mass is 282 g/mol. The molecule has 18 heavy (non-hydrogen) atoms. The fourth-order valence-corrected chi connectivity index (χ4v) is 1.95. The Morgan fingerprint density at radius 2 is 1.72 bits per heavy atom. The van der Waals surface area contributed by atoms with Crippen LogP contribution in [0, 0.1) is 0 Å². The lowest BCUT2D eigenvalue weighted by molar-refractivity contribution is 1.10. The summed E-state index contributed by atoms with van der Waals surface area (Å²) in [6.07, 6.45) is 0. The smallest absolute Gasteiger partial charge is 0.161 e. The third-order valence-electron chi connectivity index (χ3n) is 2.37. The molecule has 2 rings (SSSR count). The van der Waals surface area contributed by atoms with Gasteiger partial charge in [0.1, 0.15) is 5.82 Å². The first kappa shape index (κ1) is 13.0. The van der Waals surface area contributed by atoms with Crippen LogP contribution in [-0.4, -0.2) is 4.98 Å². The fraction of sp³-hybridized carbons (Fsp3) is 0.0833. The molecule has 0 aliphatic rings. The molecule has 1 aromatic heterocycles. The normalized spacial score (nSPS) is 10.2. The molecule has 0 atom stereocenters. The average molecular weight is 283 g/mol.